The molecule has 112 heavy (non-hydrogen) atoms. The van der Waals surface area contributed by atoms with Crippen molar-refractivity contribution >= 4 is 41.8 Å². The van der Waals surface area contributed by atoms with Crippen LogP contribution in [0.3, 0.4) is 0 Å². The minimum atomic E-state index is -0.556. The van der Waals surface area contributed by atoms with E-state index in [1.807, 2.05) is 34.6 Å². The quantitative estimate of drug-likeness (QED) is 0.0199. The molecule has 19 atom stereocenters. The molecule has 0 aromatic carbocycles. The SMILES string of the molecule is C=C(C)C(=O)OC(C1COC(C)O1)C1COC(C)O1.C=C(C)C(=O)OCC(=C)C(C1COC(C)O1)C1COC(C)O1.C=C(C)C(=O)OCC1COC(C)O1.C=C(C)C(=O)OCCC(=O)OC(C1CCC(C)O1)C1COC(C)O1.C=C(CCOC(=O)C(=C)C)OCC1COC(C)O1.C=C(COC(=O)C(=C)C)CC1COC(C)O1. The Morgan fingerprint density at radius 2 is 0.661 bits per heavy atom. The normalized spacial score (nSPS) is 29.4. The lowest BCUT2D eigenvalue weighted by molar-refractivity contribution is -0.172. The van der Waals surface area contributed by atoms with Crippen LogP contribution < -0.4 is 0 Å². The summed E-state index contributed by atoms with van der Waals surface area (Å²) in [6.07, 6.45) is -1.98. The number of rotatable bonds is 32. The van der Waals surface area contributed by atoms with Crippen molar-refractivity contribution in [2.75, 3.05) is 92.5 Å². The summed E-state index contributed by atoms with van der Waals surface area (Å²) in [5, 5.41) is 0. The van der Waals surface area contributed by atoms with Crippen molar-refractivity contribution in [1.29, 1.82) is 0 Å². The van der Waals surface area contributed by atoms with Crippen LogP contribution >= 0.6 is 0 Å². The van der Waals surface area contributed by atoms with Gasteiger partial charge in [0.25, 0.3) is 0 Å². The van der Waals surface area contributed by atoms with Crippen LogP contribution in [0.15, 0.2) is 110 Å². The van der Waals surface area contributed by atoms with E-state index in [0.717, 1.165) is 24.0 Å². The van der Waals surface area contributed by atoms with E-state index in [-0.39, 0.29) is 163 Å². The average Bonchev–Trinajstić information content (AvgIpc) is 1.68. The Hall–Kier alpha value is -6.93. The summed E-state index contributed by atoms with van der Waals surface area (Å²) >= 11 is 0. The maximum Gasteiger partial charge on any atom is 0.333 e. The first kappa shape index (κ1) is 97.4. The van der Waals surface area contributed by atoms with E-state index in [9.17, 15) is 33.6 Å². The molecule has 32 nitrogen and oxygen atoms in total. The van der Waals surface area contributed by atoms with E-state index in [2.05, 4.69) is 59.2 Å². The number of carbonyl (C=O) groups excluding carboxylic acids is 7. The van der Waals surface area contributed by atoms with Gasteiger partial charge in [0, 0.05) is 45.8 Å². The van der Waals surface area contributed by atoms with Crippen LogP contribution in [0.25, 0.3) is 0 Å². The van der Waals surface area contributed by atoms with Gasteiger partial charge in [-0.3, -0.25) is 4.79 Å². The highest BCUT2D eigenvalue weighted by atomic mass is 16.8. The molecule has 634 valence electrons. The van der Waals surface area contributed by atoms with Gasteiger partial charge in [-0.1, -0.05) is 59.2 Å². The van der Waals surface area contributed by atoms with Gasteiger partial charge in [0.15, 0.2) is 62.5 Å². The van der Waals surface area contributed by atoms with Crippen LogP contribution in [0.5, 0.6) is 0 Å². The standard InChI is InChI=1S/C17H26O7.C16H24O6.C13H20O6.C13H20O5.C12H18O4.C9H14O4/c1-10(2)17(19)20-8-7-15(18)24-16(13-6-5-11(3)22-13)14-9-21-12(4)23-14;1-9(2)16(17)20-6-10(3)15(13-7-18-11(4)21-13)14-8-19-12(5)22-14;1-7(2)13(14)19-12(10-5-15-8(3)17-10)11-6-16-9(4)18-11;1-9(2)13(14)15-6-5-10(3)16-7-12-8-17-11(4)18-12;1-8(2)12(13)15-6-9(3)5-11-7-14-10(4)16-11;1-6(2)9(10)12-5-8-4-11-7(3)13-8/h11-14,16H,1,5-9H2,2-4H3;11-15H,1,3,6-8H2,2,4-5H3;8-12H,1,5-6H2,2-4H3;11-12H,1,3,5-8H2,2,4H3;10-11H,1,3,5-7H2,2,4H3;7-8H,1,4-5H2,2-3H3. The highest BCUT2D eigenvalue weighted by Gasteiger charge is 2.45. The Bertz CT molecular complexity index is 3080. The third-order valence-corrected chi connectivity index (χ3v) is 17.0. The Morgan fingerprint density at radius 1 is 0.330 bits per heavy atom. The lowest BCUT2D eigenvalue weighted by Gasteiger charge is -2.28. The fourth-order valence-corrected chi connectivity index (χ4v) is 11.1. The zero-order valence-electron chi connectivity index (χ0n) is 68.0. The fourth-order valence-electron chi connectivity index (χ4n) is 11.1. The van der Waals surface area contributed by atoms with Crippen molar-refractivity contribution in [3.63, 3.8) is 0 Å². The molecule has 9 aliphatic rings. The molecule has 9 rings (SSSR count). The van der Waals surface area contributed by atoms with E-state index >= 15 is 0 Å². The molecular formula is C80H122O32. The molecule has 9 fully saturated rings. The summed E-state index contributed by atoms with van der Waals surface area (Å²) in [4.78, 5) is 79.8. The summed E-state index contributed by atoms with van der Waals surface area (Å²) in [6.45, 7) is 63.5. The molecule has 19 unspecified atom stereocenters. The second-order valence-electron chi connectivity index (χ2n) is 27.9. The van der Waals surface area contributed by atoms with E-state index in [4.69, 9.17) is 118 Å². The Balaban J connectivity index is 0.000000286. The zero-order chi connectivity index (χ0) is 83.5. The van der Waals surface area contributed by atoms with Crippen LogP contribution in [0.4, 0.5) is 0 Å². The van der Waals surface area contributed by atoms with Crippen molar-refractivity contribution in [2.24, 2.45) is 5.92 Å². The van der Waals surface area contributed by atoms with Gasteiger partial charge in [-0.15, -0.1) is 0 Å². The van der Waals surface area contributed by atoms with Crippen LogP contribution in [0.2, 0.25) is 0 Å². The van der Waals surface area contributed by atoms with E-state index in [0.29, 0.717) is 112 Å². The number of carbonyl (C=O) groups is 7. The zero-order valence-corrected chi connectivity index (χ0v) is 68.0. The summed E-state index contributed by atoms with van der Waals surface area (Å²) in [5.41, 5.74) is 3.69. The maximum atomic E-state index is 12.1. The van der Waals surface area contributed by atoms with Crippen molar-refractivity contribution in [1.82, 2.24) is 0 Å². The molecule has 0 N–H and O–H groups in total. The fraction of sp³-hybridized carbons (Fsp3) is 0.688. The lowest BCUT2D eigenvalue weighted by Crippen LogP contribution is -2.44. The predicted molar refractivity (Wildman–Crippen MR) is 400 cm³/mol. The second kappa shape index (κ2) is 50.4. The average molecular weight is 1600 g/mol. The van der Waals surface area contributed by atoms with Crippen molar-refractivity contribution in [3.05, 3.63) is 110 Å². The Morgan fingerprint density at radius 3 is 1.02 bits per heavy atom. The van der Waals surface area contributed by atoms with Crippen molar-refractivity contribution in [2.45, 2.75) is 260 Å². The van der Waals surface area contributed by atoms with Gasteiger partial charge in [0.05, 0.1) is 102 Å². The van der Waals surface area contributed by atoms with Crippen molar-refractivity contribution < 1.29 is 152 Å². The van der Waals surface area contributed by atoms with Crippen LogP contribution in [-0.4, -0.2) is 258 Å². The molecule has 9 saturated heterocycles. The minimum absolute atomic E-state index is 0.0195. The molecule has 0 saturated carbocycles. The van der Waals surface area contributed by atoms with Gasteiger partial charge in [0.1, 0.15) is 63.6 Å². The molecule has 0 spiro atoms. The topological polar surface area (TPSA) is 350 Å². The Kier molecular flexibility index (Phi) is 43.9. The molecular weight excluding hydrogens is 1470 g/mol. The molecule has 0 amide bonds. The van der Waals surface area contributed by atoms with Gasteiger partial charge in [0.2, 0.25) is 0 Å². The van der Waals surface area contributed by atoms with Gasteiger partial charge in [-0.2, -0.15) is 0 Å². The highest BCUT2D eigenvalue weighted by Crippen LogP contribution is 2.34. The summed E-state index contributed by atoms with van der Waals surface area (Å²) < 4.78 is 134. The van der Waals surface area contributed by atoms with Gasteiger partial charge in [-0.25, -0.2) is 28.8 Å². The van der Waals surface area contributed by atoms with Gasteiger partial charge < -0.3 is 118 Å². The van der Waals surface area contributed by atoms with E-state index < -0.39 is 48.0 Å². The maximum absolute atomic E-state index is 12.1. The van der Waals surface area contributed by atoms with Crippen molar-refractivity contribution in [3.8, 4) is 0 Å². The van der Waals surface area contributed by atoms with Crippen LogP contribution in [0, 0.1) is 5.92 Å². The lowest BCUT2D eigenvalue weighted by atomic mass is 9.89. The highest BCUT2D eigenvalue weighted by molar-refractivity contribution is 5.89. The molecule has 0 radical (unpaired) electrons. The molecule has 0 bridgehead atoms. The number of hydrogen-bond donors (Lipinski definition) is 0. The van der Waals surface area contributed by atoms with Crippen LogP contribution in [-0.2, 0) is 152 Å². The number of hydrogen-bond acceptors (Lipinski definition) is 32. The predicted octanol–water partition coefficient (Wildman–Crippen LogP) is 9.00. The van der Waals surface area contributed by atoms with Crippen LogP contribution in [0.1, 0.15) is 136 Å². The largest absolute Gasteiger partial charge is 0.496 e. The summed E-state index contributed by atoms with van der Waals surface area (Å²) in [6, 6.07) is 0. The number of esters is 7. The molecule has 0 aromatic heterocycles. The Labute approximate surface area is 658 Å². The molecule has 0 aromatic rings. The molecule has 0 aliphatic carbocycles. The summed E-state index contributed by atoms with van der Waals surface area (Å²) in [5.74, 6) is -2.65. The minimum Gasteiger partial charge on any atom is -0.496 e. The van der Waals surface area contributed by atoms with Gasteiger partial charge >= 0.3 is 41.8 Å². The van der Waals surface area contributed by atoms with Gasteiger partial charge in [-0.05, 0) is 134 Å². The second-order valence-corrected chi connectivity index (χ2v) is 27.9. The smallest absolute Gasteiger partial charge is 0.333 e. The van der Waals surface area contributed by atoms with E-state index in [1.54, 1.807) is 69.2 Å². The molecule has 9 aliphatic heterocycles. The first-order valence-electron chi connectivity index (χ1n) is 37.4. The summed E-state index contributed by atoms with van der Waals surface area (Å²) in [7, 11) is 0. The first-order valence-corrected chi connectivity index (χ1v) is 37.4. The third-order valence-electron chi connectivity index (χ3n) is 17.0. The first-order chi connectivity index (χ1) is 52.8. The molecule has 32 heteroatoms. The monoisotopic (exact) mass is 1590 g/mol. The molecule has 9 heterocycles. The van der Waals surface area contributed by atoms with E-state index in [1.165, 1.54) is 0 Å². The third kappa shape index (κ3) is 37.1. The number of ether oxygens (including phenoxy) is 25.